The number of nitrogen functional groups attached to an aromatic ring is 1. The Labute approximate surface area is 201 Å². The van der Waals surface area contributed by atoms with E-state index in [1.807, 2.05) is 54.6 Å². The van der Waals surface area contributed by atoms with Gasteiger partial charge in [-0.15, -0.1) is 0 Å². The zero-order valence-electron chi connectivity index (χ0n) is 19.0. The average Bonchev–Trinajstić information content (AvgIpc) is 3.30. The van der Waals surface area contributed by atoms with Gasteiger partial charge < -0.3 is 25.6 Å². The summed E-state index contributed by atoms with van der Waals surface area (Å²) in [6, 6.07) is 16.9. The van der Waals surface area contributed by atoms with E-state index in [9.17, 15) is 9.90 Å². The summed E-state index contributed by atoms with van der Waals surface area (Å²) in [5, 5.41) is 24.5. The minimum atomic E-state index is -1.42. The molecule has 1 amide bonds. The van der Waals surface area contributed by atoms with Crippen LogP contribution in [0.5, 0.6) is 11.5 Å². The summed E-state index contributed by atoms with van der Waals surface area (Å²) < 4.78 is 7.69. The third kappa shape index (κ3) is 4.53. The smallest absolute Gasteiger partial charge is 0.253 e. The maximum atomic E-state index is 12.4. The molecule has 1 fully saturated rings. The van der Waals surface area contributed by atoms with Crippen LogP contribution in [0.1, 0.15) is 18.9 Å². The number of aliphatic hydroxyl groups excluding tert-OH is 2. The molecule has 10 heteroatoms. The summed E-state index contributed by atoms with van der Waals surface area (Å²) >= 11 is 0. The number of amides is 1. The van der Waals surface area contributed by atoms with E-state index in [4.69, 9.17) is 20.7 Å². The number of likely N-dealkylation sites (tertiary alicyclic amines) is 1. The number of rotatable bonds is 6. The zero-order valence-corrected chi connectivity index (χ0v) is 19.0. The van der Waals surface area contributed by atoms with Gasteiger partial charge in [-0.1, -0.05) is 18.2 Å². The molecular weight excluding hydrogens is 448 g/mol. The summed E-state index contributed by atoms with van der Waals surface area (Å²) in [6.45, 7) is 0.251. The molecule has 5 rings (SSSR count). The Morgan fingerprint density at radius 1 is 1.11 bits per heavy atom. The number of nitrogens with zero attached hydrogens (tertiary/aromatic N) is 5. The van der Waals surface area contributed by atoms with Gasteiger partial charge in [0, 0.05) is 18.7 Å². The quantitative estimate of drug-likeness (QED) is 0.387. The van der Waals surface area contributed by atoms with Gasteiger partial charge in [-0.05, 0) is 49.2 Å². The second-order valence-electron chi connectivity index (χ2n) is 8.47. The van der Waals surface area contributed by atoms with Crippen LogP contribution in [-0.2, 0) is 4.79 Å². The molecule has 4 N–H and O–H groups in total. The van der Waals surface area contributed by atoms with Crippen molar-refractivity contribution in [2.45, 2.75) is 25.0 Å². The number of carbonyl (C=O) groups excluding carboxylic acids is 1. The second kappa shape index (κ2) is 9.69. The van der Waals surface area contributed by atoms with Crippen LogP contribution in [0.3, 0.4) is 0 Å². The van der Waals surface area contributed by atoms with Crippen molar-refractivity contribution in [3.63, 3.8) is 0 Å². The Hall–Kier alpha value is -4.02. The highest BCUT2D eigenvalue weighted by Gasteiger charge is 2.31. The lowest BCUT2D eigenvalue weighted by atomic mass is 10.1. The maximum Gasteiger partial charge on any atom is 0.253 e. The third-order valence-corrected chi connectivity index (χ3v) is 6.14. The molecule has 0 spiro atoms. The summed E-state index contributed by atoms with van der Waals surface area (Å²) in [5.41, 5.74) is 8.30. The Kier molecular flexibility index (Phi) is 6.30. The minimum Gasteiger partial charge on any atom is -0.457 e. The highest BCUT2D eigenvalue weighted by molar-refractivity contribution is 5.98. The zero-order chi connectivity index (χ0) is 24.4. The minimum absolute atomic E-state index is 0.162. The van der Waals surface area contributed by atoms with Gasteiger partial charge in [-0.25, -0.2) is 14.6 Å². The molecule has 1 aliphatic heterocycles. The molecule has 2 atom stereocenters. The van der Waals surface area contributed by atoms with Crippen LogP contribution in [0, 0.1) is 0 Å². The second-order valence-corrected chi connectivity index (χ2v) is 8.47. The van der Waals surface area contributed by atoms with Gasteiger partial charge in [0.2, 0.25) is 0 Å². The Morgan fingerprint density at radius 2 is 1.86 bits per heavy atom. The first-order valence-corrected chi connectivity index (χ1v) is 11.4. The van der Waals surface area contributed by atoms with Crippen molar-refractivity contribution in [3.8, 4) is 22.8 Å². The first kappa shape index (κ1) is 22.8. The maximum absolute atomic E-state index is 12.4. The monoisotopic (exact) mass is 474 g/mol. The van der Waals surface area contributed by atoms with E-state index in [1.54, 1.807) is 9.58 Å². The molecule has 1 aliphatic rings. The molecule has 4 aromatic rings. The fourth-order valence-electron chi connectivity index (χ4n) is 4.40. The van der Waals surface area contributed by atoms with Gasteiger partial charge in [0.05, 0.1) is 18.0 Å². The van der Waals surface area contributed by atoms with E-state index in [1.165, 1.54) is 6.33 Å². The van der Waals surface area contributed by atoms with Crippen molar-refractivity contribution >= 4 is 22.8 Å². The molecule has 0 radical (unpaired) electrons. The number of hydrogen-bond acceptors (Lipinski definition) is 8. The number of aliphatic hydroxyl groups is 2. The molecule has 0 unspecified atom stereocenters. The Morgan fingerprint density at radius 3 is 2.60 bits per heavy atom. The first-order chi connectivity index (χ1) is 17.0. The van der Waals surface area contributed by atoms with Gasteiger partial charge >= 0.3 is 0 Å². The molecule has 0 aliphatic carbocycles. The van der Waals surface area contributed by atoms with Crippen molar-refractivity contribution in [2.24, 2.45) is 0 Å². The number of benzene rings is 2. The average molecular weight is 475 g/mol. The van der Waals surface area contributed by atoms with Gasteiger partial charge in [0.25, 0.3) is 5.91 Å². The van der Waals surface area contributed by atoms with Crippen LogP contribution < -0.4 is 10.5 Å². The highest BCUT2D eigenvalue weighted by Crippen LogP contribution is 2.34. The number of aromatic nitrogens is 4. The SMILES string of the molecule is Nc1ncnc2c1c(-c1ccc(Oc3ccccc3)cc1)nn2[C@@H]1CCCN(C(=O)[C@H](O)CO)C1. The largest absolute Gasteiger partial charge is 0.457 e. The van der Waals surface area contributed by atoms with Crippen molar-refractivity contribution < 1.29 is 19.7 Å². The molecule has 2 aromatic heterocycles. The van der Waals surface area contributed by atoms with E-state index in [0.29, 0.717) is 41.4 Å². The molecule has 1 saturated heterocycles. The lowest BCUT2D eigenvalue weighted by Crippen LogP contribution is -2.46. The predicted molar refractivity (Wildman–Crippen MR) is 130 cm³/mol. The van der Waals surface area contributed by atoms with Crippen molar-refractivity contribution in [1.82, 2.24) is 24.6 Å². The highest BCUT2D eigenvalue weighted by atomic mass is 16.5. The van der Waals surface area contributed by atoms with E-state index in [2.05, 4.69) is 9.97 Å². The molecule has 2 aromatic carbocycles. The Balaban J connectivity index is 1.47. The van der Waals surface area contributed by atoms with Crippen molar-refractivity contribution in [3.05, 3.63) is 60.9 Å². The number of piperidine rings is 1. The van der Waals surface area contributed by atoms with Crippen LogP contribution in [-0.4, -0.2) is 66.6 Å². The van der Waals surface area contributed by atoms with Crippen LogP contribution in [0.15, 0.2) is 60.9 Å². The molecule has 3 heterocycles. The first-order valence-electron chi connectivity index (χ1n) is 11.4. The van der Waals surface area contributed by atoms with Crippen molar-refractivity contribution in [1.29, 1.82) is 0 Å². The van der Waals surface area contributed by atoms with Crippen LogP contribution in [0.2, 0.25) is 0 Å². The molecule has 0 saturated carbocycles. The van der Waals surface area contributed by atoms with Gasteiger partial charge in [0.15, 0.2) is 11.8 Å². The van der Waals surface area contributed by atoms with Crippen LogP contribution in [0.25, 0.3) is 22.3 Å². The molecular formula is C25H26N6O4. The summed E-state index contributed by atoms with van der Waals surface area (Å²) in [7, 11) is 0. The van der Waals surface area contributed by atoms with E-state index in [0.717, 1.165) is 24.2 Å². The van der Waals surface area contributed by atoms with Crippen LogP contribution >= 0.6 is 0 Å². The molecule has 180 valence electrons. The summed E-state index contributed by atoms with van der Waals surface area (Å²) in [4.78, 5) is 22.6. The predicted octanol–water partition coefficient (Wildman–Crippen LogP) is 2.38. The number of hydrogen-bond donors (Lipinski definition) is 3. The summed E-state index contributed by atoms with van der Waals surface area (Å²) in [5.74, 6) is 1.27. The third-order valence-electron chi connectivity index (χ3n) is 6.14. The number of anilines is 1. The number of fused-ring (bicyclic) bond motifs is 1. The van der Waals surface area contributed by atoms with Gasteiger partial charge in [0.1, 0.15) is 29.3 Å². The van der Waals surface area contributed by atoms with Gasteiger partial charge in [-0.3, -0.25) is 4.79 Å². The van der Waals surface area contributed by atoms with E-state index in [-0.39, 0.29) is 6.04 Å². The number of ether oxygens (including phenoxy) is 1. The lowest BCUT2D eigenvalue weighted by Gasteiger charge is -2.33. The fraction of sp³-hybridized carbons (Fsp3) is 0.280. The van der Waals surface area contributed by atoms with Gasteiger partial charge in [-0.2, -0.15) is 5.10 Å². The topological polar surface area (TPSA) is 140 Å². The van der Waals surface area contributed by atoms with Crippen molar-refractivity contribution in [2.75, 3.05) is 25.4 Å². The normalized spacial score (nSPS) is 16.9. The van der Waals surface area contributed by atoms with Crippen LogP contribution in [0.4, 0.5) is 5.82 Å². The van der Waals surface area contributed by atoms with E-state index < -0.39 is 18.6 Å². The number of nitrogens with two attached hydrogens (primary N) is 1. The lowest BCUT2D eigenvalue weighted by molar-refractivity contribution is -0.143. The van der Waals surface area contributed by atoms with E-state index >= 15 is 0 Å². The standard InChI is InChI=1S/C25H26N6O4/c26-23-21-22(16-8-10-19(11-9-16)35-18-6-2-1-3-7-18)29-31(24(21)28-15-27-23)17-5-4-12-30(13-17)25(34)20(33)14-32/h1-3,6-11,15,17,20,32-33H,4-5,12-14H2,(H2,26,27,28)/t17-,20-/m1/s1. The Bertz CT molecular complexity index is 1330. The molecule has 0 bridgehead atoms. The number of para-hydroxylation sites is 1. The molecule has 10 nitrogen and oxygen atoms in total. The fourth-order valence-corrected chi connectivity index (χ4v) is 4.40. The summed E-state index contributed by atoms with van der Waals surface area (Å²) in [6.07, 6.45) is 1.49. The number of carbonyl (C=O) groups is 1. The molecule has 35 heavy (non-hydrogen) atoms.